The second-order valence-electron chi connectivity index (χ2n) is 13.4. The Labute approximate surface area is 222 Å². The van der Waals surface area contributed by atoms with Crippen molar-refractivity contribution in [3.8, 4) is 0 Å². The molecule has 0 aromatic carbocycles. The summed E-state index contributed by atoms with van der Waals surface area (Å²) < 4.78 is 18.6. The molecule has 10 atom stereocenters. The van der Waals surface area contributed by atoms with Crippen LogP contribution < -0.4 is 11.5 Å². The van der Waals surface area contributed by atoms with Crippen molar-refractivity contribution in [2.75, 3.05) is 39.5 Å². The fraction of sp³-hybridized carbons (Fsp3) is 1.00. The van der Waals surface area contributed by atoms with Crippen LogP contribution in [-0.4, -0.2) is 51.7 Å². The van der Waals surface area contributed by atoms with Gasteiger partial charge in [-0.2, -0.15) is 0 Å². The summed E-state index contributed by atoms with van der Waals surface area (Å²) in [5, 5.41) is 0. The number of fused-ring (bicyclic) bond motifs is 5. The van der Waals surface area contributed by atoms with Crippen LogP contribution in [-0.2, 0) is 14.2 Å². The third-order valence-electron chi connectivity index (χ3n) is 11.6. The van der Waals surface area contributed by atoms with E-state index < -0.39 is 0 Å². The Bertz CT molecular complexity index is 676. The second-order valence-corrected chi connectivity index (χ2v) is 13.4. The van der Waals surface area contributed by atoms with Crippen molar-refractivity contribution in [2.45, 2.75) is 111 Å². The van der Waals surface area contributed by atoms with Crippen molar-refractivity contribution in [3.05, 3.63) is 0 Å². The van der Waals surface area contributed by atoms with Gasteiger partial charge in [0.2, 0.25) is 0 Å². The molecule has 5 heteroatoms. The Morgan fingerprint density at radius 2 is 1.56 bits per heavy atom. The number of hydrogen-bond acceptors (Lipinski definition) is 5. The van der Waals surface area contributed by atoms with E-state index in [9.17, 15) is 0 Å². The first-order valence-corrected chi connectivity index (χ1v) is 15.6. The summed E-state index contributed by atoms with van der Waals surface area (Å²) in [5.74, 6) is 4.60. The molecular formula is C31H58N2O3. The molecule has 0 aliphatic heterocycles. The molecule has 4 aliphatic carbocycles. The first-order chi connectivity index (χ1) is 17.4. The Morgan fingerprint density at radius 3 is 2.31 bits per heavy atom. The lowest BCUT2D eigenvalue weighted by Crippen LogP contribution is -2.59. The fourth-order valence-corrected chi connectivity index (χ4v) is 9.87. The molecule has 4 unspecified atom stereocenters. The maximum atomic E-state index is 6.66. The van der Waals surface area contributed by atoms with Crippen LogP contribution in [0, 0.1) is 46.3 Å². The van der Waals surface area contributed by atoms with Crippen LogP contribution in [0.4, 0.5) is 0 Å². The van der Waals surface area contributed by atoms with Gasteiger partial charge in [-0.3, -0.25) is 0 Å². The van der Waals surface area contributed by atoms with Gasteiger partial charge in [-0.1, -0.05) is 27.7 Å². The molecule has 4 N–H and O–H groups in total. The summed E-state index contributed by atoms with van der Waals surface area (Å²) in [4.78, 5) is 0. The number of hydrogen-bond donors (Lipinski definition) is 2. The highest BCUT2D eigenvalue weighted by Crippen LogP contribution is 2.68. The molecule has 5 nitrogen and oxygen atoms in total. The topological polar surface area (TPSA) is 79.7 Å². The molecule has 0 heterocycles. The maximum Gasteiger partial charge on any atom is 0.0612 e. The van der Waals surface area contributed by atoms with Gasteiger partial charge in [0.1, 0.15) is 0 Å². The highest BCUT2D eigenvalue weighted by Gasteiger charge is 2.63. The van der Waals surface area contributed by atoms with Gasteiger partial charge < -0.3 is 25.7 Å². The molecule has 4 saturated carbocycles. The van der Waals surface area contributed by atoms with E-state index in [-0.39, 0.29) is 0 Å². The number of nitrogens with two attached hydrogens (primary N) is 2. The van der Waals surface area contributed by atoms with Crippen LogP contribution in [0.3, 0.4) is 0 Å². The summed E-state index contributed by atoms with van der Waals surface area (Å²) in [5.41, 5.74) is 12.6. The molecule has 0 saturated heterocycles. The first kappa shape index (κ1) is 28.8. The molecule has 0 aromatic heterocycles. The first-order valence-electron chi connectivity index (χ1n) is 15.6. The zero-order valence-corrected chi connectivity index (χ0v) is 24.0. The SMILES string of the molecule is CCCOCCC[C@@H](C)[C@H]1CC[C@H]2C3[C@H](OCCN)CC4C[C@H](OCCN)CCC4(C)[C@H]3CCC12C. The zero-order valence-electron chi connectivity index (χ0n) is 24.0. The van der Waals surface area contributed by atoms with Crippen LogP contribution in [0.5, 0.6) is 0 Å². The van der Waals surface area contributed by atoms with E-state index in [0.717, 1.165) is 43.3 Å². The summed E-state index contributed by atoms with van der Waals surface area (Å²) in [7, 11) is 0. The predicted octanol–water partition coefficient (Wildman–Crippen LogP) is 5.79. The van der Waals surface area contributed by atoms with Crippen molar-refractivity contribution in [1.29, 1.82) is 0 Å². The Hall–Kier alpha value is -0.200. The molecular weight excluding hydrogens is 448 g/mol. The second kappa shape index (κ2) is 12.8. The van der Waals surface area contributed by atoms with Gasteiger partial charge in [0.15, 0.2) is 0 Å². The van der Waals surface area contributed by atoms with Crippen LogP contribution in [0.15, 0.2) is 0 Å². The number of ether oxygens (including phenoxy) is 3. The Kier molecular flexibility index (Phi) is 10.2. The maximum absolute atomic E-state index is 6.66. The average molecular weight is 507 g/mol. The van der Waals surface area contributed by atoms with Gasteiger partial charge in [0, 0.05) is 26.3 Å². The van der Waals surface area contributed by atoms with Crippen molar-refractivity contribution in [3.63, 3.8) is 0 Å². The molecule has 4 rings (SSSR count). The summed E-state index contributed by atoms with van der Waals surface area (Å²) in [6, 6.07) is 0. The monoisotopic (exact) mass is 506 g/mol. The molecule has 210 valence electrons. The lowest BCUT2D eigenvalue weighted by atomic mass is 9.43. The summed E-state index contributed by atoms with van der Waals surface area (Å²) >= 11 is 0. The average Bonchev–Trinajstić information content (AvgIpc) is 3.23. The smallest absolute Gasteiger partial charge is 0.0612 e. The Morgan fingerprint density at radius 1 is 0.833 bits per heavy atom. The molecule has 0 amide bonds. The standard InChI is InChI=1S/C31H58N2O3/c1-5-16-34-17-6-7-22(2)25-8-9-26-29-27(11-13-31(25,26)4)30(3)12-10-24(35-18-14-32)20-23(30)21-28(29)36-19-15-33/h22-29H,5-21,32-33H2,1-4H3/t22-,23?,24-,25-,26+,27+,28-,29?,30?,31?/m1/s1. The summed E-state index contributed by atoms with van der Waals surface area (Å²) in [6.45, 7) is 14.5. The van der Waals surface area contributed by atoms with Crippen LogP contribution in [0.1, 0.15) is 98.3 Å². The molecule has 4 aliphatic rings. The normalized spacial score (nSPS) is 43.0. The Balaban J connectivity index is 1.48. The quantitative estimate of drug-likeness (QED) is 0.309. The van der Waals surface area contributed by atoms with Crippen molar-refractivity contribution in [2.24, 2.45) is 57.8 Å². The van der Waals surface area contributed by atoms with E-state index in [2.05, 4.69) is 27.7 Å². The fourth-order valence-electron chi connectivity index (χ4n) is 9.87. The molecule has 36 heavy (non-hydrogen) atoms. The predicted molar refractivity (Wildman–Crippen MR) is 148 cm³/mol. The zero-order chi connectivity index (χ0) is 25.8. The minimum atomic E-state index is 0.367. The van der Waals surface area contributed by atoms with E-state index in [1.165, 1.54) is 64.2 Å². The van der Waals surface area contributed by atoms with Gasteiger partial charge in [0.25, 0.3) is 0 Å². The van der Waals surface area contributed by atoms with Crippen molar-refractivity contribution >= 4 is 0 Å². The van der Waals surface area contributed by atoms with E-state index >= 15 is 0 Å². The van der Waals surface area contributed by atoms with Crippen LogP contribution in [0.25, 0.3) is 0 Å². The van der Waals surface area contributed by atoms with Gasteiger partial charge in [0.05, 0.1) is 25.4 Å². The van der Waals surface area contributed by atoms with E-state index in [1.54, 1.807) is 0 Å². The third kappa shape index (κ3) is 5.71. The molecule has 4 fully saturated rings. The van der Waals surface area contributed by atoms with Gasteiger partial charge in [-0.05, 0) is 117 Å². The van der Waals surface area contributed by atoms with Gasteiger partial charge in [-0.15, -0.1) is 0 Å². The lowest BCUT2D eigenvalue weighted by Gasteiger charge is -2.63. The molecule has 0 spiro atoms. The molecule has 0 aromatic rings. The van der Waals surface area contributed by atoms with Crippen molar-refractivity contribution < 1.29 is 14.2 Å². The van der Waals surface area contributed by atoms with Gasteiger partial charge in [-0.25, -0.2) is 0 Å². The molecule has 0 bridgehead atoms. The van der Waals surface area contributed by atoms with E-state index in [0.29, 0.717) is 61.2 Å². The minimum absolute atomic E-state index is 0.367. The van der Waals surface area contributed by atoms with Crippen LogP contribution in [0.2, 0.25) is 0 Å². The third-order valence-corrected chi connectivity index (χ3v) is 11.6. The largest absolute Gasteiger partial charge is 0.381 e. The van der Waals surface area contributed by atoms with E-state index in [4.69, 9.17) is 25.7 Å². The highest BCUT2D eigenvalue weighted by molar-refractivity contribution is 5.12. The molecule has 0 radical (unpaired) electrons. The number of rotatable bonds is 13. The highest BCUT2D eigenvalue weighted by atomic mass is 16.5. The van der Waals surface area contributed by atoms with Gasteiger partial charge >= 0.3 is 0 Å². The van der Waals surface area contributed by atoms with Crippen molar-refractivity contribution in [1.82, 2.24) is 0 Å². The van der Waals surface area contributed by atoms with E-state index in [1.807, 2.05) is 0 Å². The minimum Gasteiger partial charge on any atom is -0.381 e. The van der Waals surface area contributed by atoms with Crippen LogP contribution >= 0.6 is 0 Å². The summed E-state index contributed by atoms with van der Waals surface area (Å²) in [6.07, 6.45) is 14.8. The lowest BCUT2D eigenvalue weighted by molar-refractivity contribution is -0.190.